The lowest BCUT2D eigenvalue weighted by atomic mass is 9.82. The van der Waals surface area contributed by atoms with Crippen LogP contribution in [0.25, 0.3) is 6.08 Å². The maximum absolute atomic E-state index is 13.6. The van der Waals surface area contributed by atoms with Crippen LogP contribution in [-0.2, 0) is 9.53 Å². The first-order valence-corrected chi connectivity index (χ1v) is 13.8. The summed E-state index contributed by atoms with van der Waals surface area (Å²) >= 11 is 1.63. The molecule has 12 heteroatoms. The van der Waals surface area contributed by atoms with E-state index in [4.69, 9.17) is 15.2 Å². The zero-order valence-electron chi connectivity index (χ0n) is 22.1. The molecule has 0 saturated carbocycles. The lowest BCUT2D eigenvalue weighted by Gasteiger charge is -2.35. The highest BCUT2D eigenvalue weighted by atomic mass is 32.2. The number of anilines is 1. The SMILES string of the molecule is COc1ccc(C2=NC(C(=O)NC(C3=CSC4C=CC=CC34)C(C)(C)O)C(CN)O2)c2c1NC(C(F)(F)F)C=C2. The second-order valence-corrected chi connectivity index (χ2v) is 11.6. The van der Waals surface area contributed by atoms with E-state index in [0.29, 0.717) is 11.1 Å². The Balaban J connectivity index is 1.43. The number of nitrogens with zero attached hydrogens (tertiary/aromatic N) is 1. The van der Waals surface area contributed by atoms with Gasteiger partial charge in [0.25, 0.3) is 0 Å². The number of hydrogen-bond acceptors (Lipinski definition) is 8. The number of hydrogen-bond donors (Lipinski definition) is 4. The molecule has 214 valence electrons. The predicted octanol–water partition coefficient (Wildman–Crippen LogP) is 3.53. The summed E-state index contributed by atoms with van der Waals surface area (Å²) in [5.41, 5.74) is 6.49. The lowest BCUT2D eigenvalue weighted by molar-refractivity contribution is -0.132. The fourth-order valence-corrected chi connectivity index (χ4v) is 6.47. The number of carbonyl (C=O) groups is 1. The monoisotopic (exact) mass is 576 g/mol. The van der Waals surface area contributed by atoms with E-state index in [1.54, 1.807) is 31.7 Å². The molecule has 1 amide bonds. The van der Waals surface area contributed by atoms with Crippen molar-refractivity contribution in [1.82, 2.24) is 5.32 Å². The fourth-order valence-electron chi connectivity index (χ4n) is 5.26. The molecule has 3 aliphatic heterocycles. The van der Waals surface area contributed by atoms with Gasteiger partial charge in [-0.15, -0.1) is 11.8 Å². The second kappa shape index (κ2) is 10.6. The van der Waals surface area contributed by atoms with Crippen molar-refractivity contribution in [3.8, 4) is 5.75 Å². The number of ether oxygens (including phenoxy) is 2. The predicted molar refractivity (Wildman–Crippen MR) is 149 cm³/mol. The summed E-state index contributed by atoms with van der Waals surface area (Å²) < 4.78 is 51.5. The molecule has 1 aromatic rings. The number of carbonyl (C=O) groups excluding carboxylic acids is 1. The number of fused-ring (bicyclic) bond motifs is 2. The van der Waals surface area contributed by atoms with Crippen LogP contribution < -0.4 is 21.1 Å². The van der Waals surface area contributed by atoms with Gasteiger partial charge in [-0.05, 0) is 37.0 Å². The Morgan fingerprint density at radius 1 is 1.27 bits per heavy atom. The van der Waals surface area contributed by atoms with Gasteiger partial charge in [0.05, 0.1) is 24.4 Å². The third-order valence-corrected chi connectivity index (χ3v) is 8.47. The summed E-state index contributed by atoms with van der Waals surface area (Å²) in [5.74, 6) is -0.138. The summed E-state index contributed by atoms with van der Waals surface area (Å²) in [4.78, 5) is 18.1. The Kier molecular flexibility index (Phi) is 7.53. The number of amides is 1. The molecule has 6 atom stereocenters. The minimum absolute atomic E-state index is 0.0292. The topological polar surface area (TPSA) is 118 Å². The van der Waals surface area contributed by atoms with Crippen molar-refractivity contribution in [1.29, 1.82) is 0 Å². The van der Waals surface area contributed by atoms with Gasteiger partial charge in [-0.25, -0.2) is 4.99 Å². The molecule has 4 aliphatic rings. The van der Waals surface area contributed by atoms with Crippen molar-refractivity contribution in [2.45, 2.75) is 55.1 Å². The van der Waals surface area contributed by atoms with Crippen LogP contribution in [0.3, 0.4) is 0 Å². The lowest BCUT2D eigenvalue weighted by Crippen LogP contribution is -2.55. The van der Waals surface area contributed by atoms with Crippen molar-refractivity contribution in [3.63, 3.8) is 0 Å². The van der Waals surface area contributed by atoms with E-state index >= 15 is 0 Å². The molecular formula is C28H31F3N4O4S. The molecule has 3 heterocycles. The van der Waals surface area contributed by atoms with Gasteiger partial charge in [-0.1, -0.05) is 36.5 Å². The Bertz CT molecular complexity index is 1330. The molecule has 0 fully saturated rings. The number of nitrogens with two attached hydrogens (primary N) is 1. The number of thioether (sulfide) groups is 1. The maximum Gasteiger partial charge on any atom is 0.412 e. The average Bonchev–Trinajstić information content (AvgIpc) is 3.54. The van der Waals surface area contributed by atoms with Gasteiger partial charge in [-0.2, -0.15) is 13.2 Å². The van der Waals surface area contributed by atoms with Crippen molar-refractivity contribution >= 4 is 35.3 Å². The third-order valence-electron chi connectivity index (χ3n) is 7.29. The van der Waals surface area contributed by atoms with Crippen molar-refractivity contribution in [2.24, 2.45) is 16.6 Å². The van der Waals surface area contributed by atoms with E-state index in [2.05, 4.69) is 27.8 Å². The van der Waals surface area contributed by atoms with Gasteiger partial charge in [0.1, 0.15) is 17.9 Å². The Hall–Kier alpha value is -3.22. The van der Waals surface area contributed by atoms with Gasteiger partial charge < -0.3 is 30.9 Å². The number of methoxy groups -OCH3 is 1. The molecule has 5 N–H and O–H groups in total. The van der Waals surface area contributed by atoms with E-state index in [1.807, 2.05) is 17.6 Å². The van der Waals surface area contributed by atoms with Gasteiger partial charge in [0.2, 0.25) is 11.8 Å². The molecule has 1 aromatic carbocycles. The molecule has 8 nitrogen and oxygen atoms in total. The van der Waals surface area contributed by atoms with E-state index in [1.165, 1.54) is 19.3 Å². The largest absolute Gasteiger partial charge is 0.495 e. The van der Waals surface area contributed by atoms with Crippen LogP contribution in [0.1, 0.15) is 25.0 Å². The maximum atomic E-state index is 13.6. The first kappa shape index (κ1) is 28.3. The number of nitrogens with one attached hydrogen (secondary N) is 2. The number of halogens is 3. The Labute approximate surface area is 234 Å². The smallest absolute Gasteiger partial charge is 0.412 e. The van der Waals surface area contributed by atoms with Crippen LogP contribution in [0.5, 0.6) is 5.75 Å². The number of allylic oxidation sites excluding steroid dienone is 3. The standard InChI is InChI=1S/C28H31F3N4O4S/c1-27(2,37)24(17-13-40-20-7-5-4-6-14(17)20)35-25(36)23-19(12-32)39-26(34-23)16-8-10-18(38-3)22-15(16)9-11-21(33-22)28(29,30)31/h4-11,13-14,19-21,23-24,33,37H,12,32H2,1-3H3,(H,35,36). The zero-order valence-corrected chi connectivity index (χ0v) is 22.9. The number of aliphatic hydroxyl groups is 1. The number of alkyl halides is 3. The minimum atomic E-state index is -4.50. The molecule has 0 bridgehead atoms. The van der Waals surface area contributed by atoms with Crippen LogP contribution in [-0.4, -0.2) is 71.8 Å². The molecule has 1 aliphatic carbocycles. The second-order valence-electron chi connectivity index (χ2n) is 10.5. The van der Waals surface area contributed by atoms with Crippen LogP contribution >= 0.6 is 11.8 Å². The highest BCUT2D eigenvalue weighted by Crippen LogP contribution is 2.43. The number of benzene rings is 1. The summed E-state index contributed by atoms with van der Waals surface area (Å²) in [6, 6.07) is -0.480. The number of aliphatic imine (C=N–C) groups is 1. The van der Waals surface area contributed by atoms with Crippen LogP contribution in [0.4, 0.5) is 18.9 Å². The highest BCUT2D eigenvalue weighted by molar-refractivity contribution is 8.03. The quantitative estimate of drug-likeness (QED) is 0.392. The summed E-state index contributed by atoms with van der Waals surface area (Å²) in [7, 11) is 1.37. The molecular weight excluding hydrogens is 545 g/mol. The van der Waals surface area contributed by atoms with Crippen LogP contribution in [0, 0.1) is 5.92 Å². The summed E-state index contributed by atoms with van der Waals surface area (Å²) in [6.45, 7) is 3.24. The molecule has 0 aromatic heterocycles. The van der Waals surface area contributed by atoms with E-state index in [-0.39, 0.29) is 35.0 Å². The van der Waals surface area contributed by atoms with Crippen molar-refractivity contribution in [2.75, 3.05) is 19.0 Å². The van der Waals surface area contributed by atoms with E-state index in [9.17, 15) is 23.1 Å². The highest BCUT2D eigenvalue weighted by Gasteiger charge is 2.44. The first-order valence-electron chi connectivity index (χ1n) is 12.8. The van der Waals surface area contributed by atoms with Crippen molar-refractivity contribution < 1.29 is 32.5 Å². The van der Waals surface area contributed by atoms with Gasteiger partial charge in [-0.3, -0.25) is 4.79 Å². The molecule has 6 unspecified atom stereocenters. The normalized spacial score (nSPS) is 27.6. The molecule has 40 heavy (non-hydrogen) atoms. The van der Waals surface area contributed by atoms with Crippen molar-refractivity contribution in [3.05, 3.63) is 64.6 Å². The number of rotatable bonds is 7. The molecule has 5 rings (SSSR count). The third kappa shape index (κ3) is 5.27. The van der Waals surface area contributed by atoms with Crippen LogP contribution in [0.15, 0.2) is 58.5 Å². The average molecular weight is 577 g/mol. The van der Waals surface area contributed by atoms with Gasteiger partial charge >= 0.3 is 6.18 Å². The fraction of sp³-hybridized carbons (Fsp3) is 0.429. The van der Waals surface area contributed by atoms with E-state index < -0.39 is 41.9 Å². The first-order chi connectivity index (χ1) is 18.9. The van der Waals surface area contributed by atoms with E-state index in [0.717, 1.165) is 11.6 Å². The zero-order chi connectivity index (χ0) is 28.8. The Morgan fingerprint density at radius 3 is 2.70 bits per heavy atom. The summed E-state index contributed by atoms with van der Waals surface area (Å²) in [5, 5.41) is 18.7. The minimum Gasteiger partial charge on any atom is -0.495 e. The molecule has 0 saturated heterocycles. The molecule has 0 radical (unpaired) electrons. The summed E-state index contributed by atoms with van der Waals surface area (Å²) in [6.07, 6.45) is 5.11. The molecule has 0 spiro atoms. The Morgan fingerprint density at radius 2 is 2.02 bits per heavy atom. The van der Waals surface area contributed by atoms with Gasteiger partial charge in [0.15, 0.2) is 6.04 Å². The van der Waals surface area contributed by atoms with Gasteiger partial charge in [0, 0.05) is 28.8 Å². The van der Waals surface area contributed by atoms with Crippen LogP contribution in [0.2, 0.25) is 0 Å².